The molecule has 0 radical (unpaired) electrons. The van der Waals surface area contributed by atoms with E-state index >= 15 is 0 Å². The third-order valence-electron chi connectivity index (χ3n) is 8.77. The molecule has 3 aliphatic rings. The van der Waals surface area contributed by atoms with Gasteiger partial charge in [0.15, 0.2) is 0 Å². The summed E-state index contributed by atoms with van der Waals surface area (Å²) in [6, 6.07) is 24.4. The number of anilines is 3. The summed E-state index contributed by atoms with van der Waals surface area (Å²) < 4.78 is 5.12. The van der Waals surface area contributed by atoms with Gasteiger partial charge in [-0.25, -0.2) is 9.59 Å². The zero-order chi connectivity index (χ0) is 34.8. The topological polar surface area (TPSA) is 108 Å². The van der Waals surface area contributed by atoms with Gasteiger partial charge in [0, 0.05) is 33.8 Å². The van der Waals surface area contributed by atoms with Crippen molar-refractivity contribution >= 4 is 75.1 Å². The van der Waals surface area contributed by atoms with Gasteiger partial charge < -0.3 is 20.3 Å². The molecule has 12 heteroatoms. The predicted molar refractivity (Wildman–Crippen MR) is 200 cm³/mol. The van der Waals surface area contributed by atoms with E-state index in [1.54, 1.807) is 16.7 Å². The number of allylic oxidation sites excluding steroid dienone is 2. The summed E-state index contributed by atoms with van der Waals surface area (Å²) in [5, 5.41) is 5.96. The molecule has 3 unspecified atom stereocenters. The number of thiophene rings is 1. The number of hydrogen-bond acceptors (Lipinski definition) is 8. The molecule has 0 saturated carbocycles. The van der Waals surface area contributed by atoms with Crippen LogP contribution in [0.4, 0.5) is 21.2 Å². The SMILES string of the molecule is COC(=O)c1c(NC(=O)C(Sc2cccc(NC(=O)N3c4ccccc4SC4C=CC=CC43)c2)c2ccccc2)sc2c1CCN(C(C)=O)C2. The Kier molecular flexibility index (Phi) is 9.84. The van der Waals surface area contributed by atoms with Crippen LogP contribution in [0, 0.1) is 0 Å². The summed E-state index contributed by atoms with van der Waals surface area (Å²) in [5.74, 6) is -0.879. The first-order valence-electron chi connectivity index (χ1n) is 16.1. The molecule has 254 valence electrons. The Labute approximate surface area is 302 Å². The molecule has 50 heavy (non-hydrogen) atoms. The van der Waals surface area contributed by atoms with Crippen LogP contribution in [0.2, 0.25) is 0 Å². The van der Waals surface area contributed by atoms with Gasteiger partial charge in [0.1, 0.15) is 10.3 Å². The molecule has 3 heterocycles. The number of ether oxygens (including phenoxy) is 1. The molecule has 4 amide bonds. The minimum absolute atomic E-state index is 0.0415. The second-order valence-corrected chi connectivity index (χ2v) is 15.4. The van der Waals surface area contributed by atoms with E-state index in [4.69, 9.17) is 4.74 Å². The number of carbonyl (C=O) groups is 4. The number of methoxy groups -OCH3 is 1. The van der Waals surface area contributed by atoms with Gasteiger partial charge in [0.05, 0.1) is 36.2 Å². The Bertz CT molecular complexity index is 2030. The quantitative estimate of drug-likeness (QED) is 0.147. The fourth-order valence-corrected chi connectivity index (χ4v) is 9.94. The first-order valence-corrected chi connectivity index (χ1v) is 18.7. The van der Waals surface area contributed by atoms with Crippen LogP contribution < -0.4 is 15.5 Å². The van der Waals surface area contributed by atoms with Gasteiger partial charge >= 0.3 is 12.0 Å². The highest BCUT2D eigenvalue weighted by molar-refractivity contribution is 8.00. The molecule has 2 aliphatic heterocycles. The molecular weight excluding hydrogens is 689 g/mol. The molecule has 0 saturated heterocycles. The fourth-order valence-electron chi connectivity index (χ4n) is 6.35. The summed E-state index contributed by atoms with van der Waals surface area (Å²) in [5.41, 5.74) is 3.39. The van der Waals surface area contributed by atoms with E-state index in [9.17, 15) is 19.2 Å². The van der Waals surface area contributed by atoms with E-state index in [2.05, 4.69) is 22.8 Å². The minimum Gasteiger partial charge on any atom is -0.465 e. The Hall–Kier alpha value is -4.78. The molecule has 9 nitrogen and oxygen atoms in total. The highest BCUT2D eigenvalue weighted by atomic mass is 32.2. The van der Waals surface area contributed by atoms with Gasteiger partial charge in [-0.15, -0.1) is 34.9 Å². The lowest BCUT2D eigenvalue weighted by molar-refractivity contribution is -0.129. The maximum Gasteiger partial charge on any atom is 0.341 e. The number of amides is 4. The normalized spacial score (nSPS) is 18.0. The largest absolute Gasteiger partial charge is 0.465 e. The summed E-state index contributed by atoms with van der Waals surface area (Å²) in [6.07, 6.45) is 8.66. The van der Waals surface area contributed by atoms with Gasteiger partial charge in [-0.1, -0.05) is 72.8 Å². The summed E-state index contributed by atoms with van der Waals surface area (Å²) in [6.45, 7) is 2.39. The number of thioether (sulfide) groups is 2. The number of carbonyl (C=O) groups excluding carboxylic acids is 4. The Balaban J connectivity index is 1.14. The summed E-state index contributed by atoms with van der Waals surface area (Å²) in [4.78, 5) is 59.4. The van der Waals surface area contributed by atoms with Crippen molar-refractivity contribution < 1.29 is 23.9 Å². The van der Waals surface area contributed by atoms with Crippen LogP contribution in [-0.4, -0.2) is 53.7 Å². The Morgan fingerprint density at radius 3 is 2.52 bits per heavy atom. The van der Waals surface area contributed by atoms with Crippen LogP contribution in [0.3, 0.4) is 0 Å². The molecule has 2 N–H and O–H groups in total. The number of urea groups is 1. The van der Waals surface area contributed by atoms with Crippen molar-refractivity contribution in [2.24, 2.45) is 0 Å². The second-order valence-electron chi connectivity index (χ2n) is 11.9. The average molecular weight is 723 g/mol. The van der Waals surface area contributed by atoms with E-state index in [1.165, 1.54) is 37.1 Å². The van der Waals surface area contributed by atoms with E-state index < -0.39 is 11.2 Å². The Morgan fingerprint density at radius 1 is 0.940 bits per heavy atom. The number of benzene rings is 3. The van der Waals surface area contributed by atoms with E-state index in [1.807, 2.05) is 95.9 Å². The number of nitrogens with zero attached hydrogens (tertiary/aromatic N) is 2. The summed E-state index contributed by atoms with van der Waals surface area (Å²) in [7, 11) is 1.32. The van der Waals surface area contributed by atoms with Crippen molar-refractivity contribution in [2.75, 3.05) is 29.2 Å². The van der Waals surface area contributed by atoms with Crippen LogP contribution in [-0.2, 0) is 27.3 Å². The zero-order valence-electron chi connectivity index (χ0n) is 27.3. The van der Waals surface area contributed by atoms with Gasteiger partial charge in [-0.2, -0.15) is 0 Å². The average Bonchev–Trinajstić information content (AvgIpc) is 3.49. The van der Waals surface area contributed by atoms with Crippen molar-refractivity contribution in [3.8, 4) is 0 Å². The predicted octanol–water partition coefficient (Wildman–Crippen LogP) is 7.92. The van der Waals surface area contributed by atoms with Crippen molar-refractivity contribution in [1.82, 2.24) is 4.90 Å². The minimum atomic E-state index is -0.689. The first-order chi connectivity index (χ1) is 24.3. The van der Waals surface area contributed by atoms with Gasteiger partial charge in [0.2, 0.25) is 11.8 Å². The van der Waals surface area contributed by atoms with Gasteiger partial charge in [-0.05, 0) is 47.9 Å². The molecule has 7 rings (SSSR count). The monoisotopic (exact) mass is 722 g/mol. The fraction of sp³-hybridized carbons (Fsp3) is 0.211. The Morgan fingerprint density at radius 2 is 1.72 bits per heavy atom. The highest BCUT2D eigenvalue weighted by Crippen LogP contribution is 2.44. The van der Waals surface area contributed by atoms with E-state index in [-0.39, 0.29) is 29.1 Å². The number of nitrogens with one attached hydrogen (secondary N) is 2. The molecule has 0 bridgehead atoms. The number of esters is 1. The highest BCUT2D eigenvalue weighted by Gasteiger charge is 2.37. The van der Waals surface area contributed by atoms with Crippen molar-refractivity contribution in [3.63, 3.8) is 0 Å². The molecule has 0 fully saturated rings. The molecule has 1 aliphatic carbocycles. The van der Waals surface area contributed by atoms with E-state index in [0.717, 1.165) is 31.5 Å². The number of rotatable bonds is 7. The standard InChI is InChI=1S/C38H34N4O5S3/c1-23(43)41-20-19-27-32(22-41)50-36(33(27)37(45)47-2)40-35(44)34(24-11-4-3-5-12-24)48-26-14-10-13-25(21-26)39-38(46)42-28-15-6-8-17-30(28)49-31-18-9-7-16-29(31)42/h3-18,21,28,30,34H,19-20,22H2,1-2H3,(H,39,46)(H,40,44). The molecule has 0 spiro atoms. The molecule has 1 aromatic heterocycles. The molecular formula is C38H34N4O5S3. The van der Waals surface area contributed by atoms with Crippen molar-refractivity contribution in [2.45, 2.75) is 46.2 Å². The molecule has 3 aromatic carbocycles. The number of fused-ring (bicyclic) bond motifs is 3. The summed E-state index contributed by atoms with van der Waals surface area (Å²) >= 11 is 4.40. The zero-order valence-corrected chi connectivity index (χ0v) is 29.8. The lowest BCUT2D eigenvalue weighted by Crippen LogP contribution is -2.49. The third kappa shape index (κ3) is 6.83. The molecule has 3 atom stereocenters. The van der Waals surface area contributed by atoms with Crippen molar-refractivity contribution in [1.29, 1.82) is 0 Å². The maximum absolute atomic E-state index is 14.2. The number of hydrogen-bond donors (Lipinski definition) is 2. The van der Waals surface area contributed by atoms with Crippen LogP contribution in [0.25, 0.3) is 0 Å². The third-order valence-corrected chi connectivity index (χ3v) is 12.5. The van der Waals surface area contributed by atoms with Gasteiger partial charge in [0.25, 0.3) is 0 Å². The lowest BCUT2D eigenvalue weighted by Gasteiger charge is -2.40. The molecule has 4 aromatic rings. The van der Waals surface area contributed by atoms with E-state index in [0.29, 0.717) is 35.8 Å². The maximum atomic E-state index is 14.2. The van der Waals surface area contributed by atoms with Gasteiger partial charge in [-0.3, -0.25) is 14.5 Å². The van der Waals surface area contributed by atoms with Crippen LogP contribution >= 0.6 is 34.9 Å². The van der Waals surface area contributed by atoms with Crippen molar-refractivity contribution in [3.05, 3.63) is 125 Å². The van der Waals surface area contributed by atoms with Crippen LogP contribution in [0.15, 0.2) is 113 Å². The second kappa shape index (κ2) is 14.6. The lowest BCUT2D eigenvalue weighted by atomic mass is 10.0. The smallest absolute Gasteiger partial charge is 0.341 e. The van der Waals surface area contributed by atoms with Crippen LogP contribution in [0.5, 0.6) is 0 Å². The van der Waals surface area contributed by atoms with Crippen LogP contribution in [0.1, 0.15) is 38.5 Å². The first kappa shape index (κ1) is 33.7. The number of para-hydroxylation sites is 1.